The summed E-state index contributed by atoms with van der Waals surface area (Å²) in [6.07, 6.45) is 1.36. The van der Waals surface area contributed by atoms with Crippen LogP contribution in [0.5, 0.6) is 0 Å². The Labute approximate surface area is 64.9 Å². The van der Waals surface area contributed by atoms with E-state index in [1.54, 1.807) is 0 Å². The normalized spacial score (nSPS) is 9.64. The summed E-state index contributed by atoms with van der Waals surface area (Å²) in [4.78, 5) is 11.5. The average molecular weight is 148 g/mol. The SMILES string of the molecule is CC(C)c1ncnc(C#N)n1. The minimum atomic E-state index is 0.184. The topological polar surface area (TPSA) is 62.5 Å². The average Bonchev–Trinajstić information content (AvgIpc) is 2.05. The molecule has 1 aromatic rings. The molecule has 11 heavy (non-hydrogen) atoms. The Hall–Kier alpha value is -1.50. The summed E-state index contributed by atoms with van der Waals surface area (Å²) < 4.78 is 0. The molecule has 0 aliphatic carbocycles. The number of hydrogen-bond donors (Lipinski definition) is 0. The Morgan fingerprint density at radius 3 is 2.73 bits per heavy atom. The van der Waals surface area contributed by atoms with Crippen molar-refractivity contribution in [2.24, 2.45) is 0 Å². The lowest BCUT2D eigenvalue weighted by atomic mass is 10.2. The van der Waals surface area contributed by atoms with E-state index in [4.69, 9.17) is 5.26 Å². The maximum atomic E-state index is 8.44. The van der Waals surface area contributed by atoms with Gasteiger partial charge < -0.3 is 0 Å². The Morgan fingerprint density at radius 1 is 1.45 bits per heavy atom. The molecule has 0 unspecified atom stereocenters. The van der Waals surface area contributed by atoms with Crippen LogP contribution in [-0.4, -0.2) is 15.0 Å². The Balaban J connectivity index is 3.03. The molecule has 0 amide bonds. The van der Waals surface area contributed by atoms with E-state index in [1.807, 2.05) is 19.9 Å². The lowest BCUT2D eigenvalue weighted by Crippen LogP contribution is -2.00. The zero-order valence-electron chi connectivity index (χ0n) is 6.44. The standard InChI is InChI=1S/C7H8N4/c1-5(2)7-10-4-9-6(3-8)11-7/h4-5H,1-2H3. The first kappa shape index (κ1) is 7.61. The summed E-state index contributed by atoms with van der Waals surface area (Å²) in [6.45, 7) is 3.94. The van der Waals surface area contributed by atoms with Crippen LogP contribution in [-0.2, 0) is 0 Å². The molecule has 4 heteroatoms. The van der Waals surface area contributed by atoms with Crippen LogP contribution in [0, 0.1) is 11.3 Å². The molecule has 0 spiro atoms. The molecule has 0 bridgehead atoms. The first-order valence-electron chi connectivity index (χ1n) is 3.33. The molecule has 0 saturated carbocycles. The zero-order chi connectivity index (χ0) is 8.27. The van der Waals surface area contributed by atoms with Crippen molar-refractivity contribution in [3.05, 3.63) is 18.0 Å². The van der Waals surface area contributed by atoms with Crippen LogP contribution in [0.15, 0.2) is 6.33 Å². The molecule has 0 aliphatic heterocycles. The molecule has 0 atom stereocenters. The predicted octanol–water partition coefficient (Wildman–Crippen LogP) is 0.867. The highest BCUT2D eigenvalue weighted by molar-refractivity contribution is 5.09. The van der Waals surface area contributed by atoms with Gasteiger partial charge >= 0.3 is 0 Å². The fourth-order valence-electron chi connectivity index (χ4n) is 0.641. The van der Waals surface area contributed by atoms with Crippen molar-refractivity contribution in [3.8, 4) is 6.07 Å². The van der Waals surface area contributed by atoms with Crippen LogP contribution in [0.2, 0.25) is 0 Å². The van der Waals surface area contributed by atoms with Gasteiger partial charge in [-0.25, -0.2) is 15.0 Å². The monoisotopic (exact) mass is 148 g/mol. The summed E-state index contributed by atoms with van der Waals surface area (Å²) in [5, 5.41) is 8.44. The summed E-state index contributed by atoms with van der Waals surface area (Å²) in [5.74, 6) is 1.09. The quantitative estimate of drug-likeness (QED) is 0.592. The number of nitriles is 1. The number of hydrogen-bond acceptors (Lipinski definition) is 4. The Morgan fingerprint density at radius 2 is 2.18 bits per heavy atom. The second-order valence-electron chi connectivity index (χ2n) is 2.43. The van der Waals surface area contributed by atoms with Crippen molar-refractivity contribution in [2.75, 3.05) is 0 Å². The zero-order valence-corrected chi connectivity index (χ0v) is 6.44. The Kier molecular flexibility index (Phi) is 2.12. The highest BCUT2D eigenvalue weighted by atomic mass is 15.0. The van der Waals surface area contributed by atoms with Crippen LogP contribution in [0.4, 0.5) is 0 Å². The molecule has 1 aromatic heterocycles. The van der Waals surface area contributed by atoms with Crippen molar-refractivity contribution < 1.29 is 0 Å². The molecular formula is C7H8N4. The second kappa shape index (κ2) is 3.06. The van der Waals surface area contributed by atoms with Gasteiger partial charge in [0.1, 0.15) is 18.2 Å². The van der Waals surface area contributed by atoms with Crippen molar-refractivity contribution in [1.82, 2.24) is 15.0 Å². The van der Waals surface area contributed by atoms with Crippen LogP contribution >= 0.6 is 0 Å². The molecule has 0 aromatic carbocycles. The highest BCUT2D eigenvalue weighted by Crippen LogP contribution is 2.05. The Bertz CT molecular complexity index is 287. The first-order chi connectivity index (χ1) is 5.24. The molecule has 1 heterocycles. The van der Waals surface area contributed by atoms with Crippen molar-refractivity contribution in [1.29, 1.82) is 5.26 Å². The second-order valence-corrected chi connectivity index (χ2v) is 2.43. The molecule has 4 nitrogen and oxygen atoms in total. The lowest BCUT2D eigenvalue weighted by molar-refractivity contribution is 0.754. The number of rotatable bonds is 1. The fourth-order valence-corrected chi connectivity index (χ4v) is 0.641. The third kappa shape index (κ3) is 1.71. The van der Waals surface area contributed by atoms with Crippen LogP contribution in [0.3, 0.4) is 0 Å². The minimum Gasteiger partial charge on any atom is -0.221 e. The summed E-state index contributed by atoms with van der Waals surface area (Å²) in [7, 11) is 0. The van der Waals surface area contributed by atoms with Crippen molar-refractivity contribution in [3.63, 3.8) is 0 Å². The van der Waals surface area contributed by atoms with E-state index in [2.05, 4.69) is 15.0 Å². The van der Waals surface area contributed by atoms with Gasteiger partial charge in [0.2, 0.25) is 5.82 Å². The van der Waals surface area contributed by atoms with Crippen molar-refractivity contribution >= 4 is 0 Å². The van der Waals surface area contributed by atoms with Gasteiger partial charge in [0.25, 0.3) is 0 Å². The minimum absolute atomic E-state index is 0.184. The molecular weight excluding hydrogens is 140 g/mol. The van der Waals surface area contributed by atoms with Crippen LogP contribution < -0.4 is 0 Å². The van der Waals surface area contributed by atoms with E-state index in [1.165, 1.54) is 6.33 Å². The predicted molar refractivity (Wildman–Crippen MR) is 38.6 cm³/mol. The van der Waals surface area contributed by atoms with E-state index in [0.717, 1.165) is 0 Å². The summed E-state index contributed by atoms with van der Waals surface area (Å²) in [5.41, 5.74) is 0. The smallest absolute Gasteiger partial charge is 0.221 e. The third-order valence-electron chi connectivity index (χ3n) is 1.21. The molecule has 1 rings (SSSR count). The molecule has 0 N–H and O–H groups in total. The first-order valence-corrected chi connectivity index (χ1v) is 3.33. The maximum Gasteiger partial charge on any atom is 0.235 e. The van der Waals surface area contributed by atoms with Crippen LogP contribution in [0.1, 0.15) is 31.4 Å². The van der Waals surface area contributed by atoms with Gasteiger partial charge in [-0.1, -0.05) is 13.8 Å². The van der Waals surface area contributed by atoms with E-state index in [-0.39, 0.29) is 11.7 Å². The van der Waals surface area contributed by atoms with E-state index >= 15 is 0 Å². The van der Waals surface area contributed by atoms with E-state index < -0.39 is 0 Å². The summed E-state index contributed by atoms with van der Waals surface area (Å²) in [6, 6.07) is 1.86. The number of aromatic nitrogens is 3. The molecule has 0 saturated heterocycles. The molecule has 0 fully saturated rings. The summed E-state index contributed by atoms with van der Waals surface area (Å²) >= 11 is 0. The molecule has 56 valence electrons. The van der Waals surface area contributed by atoms with Crippen LogP contribution in [0.25, 0.3) is 0 Å². The molecule has 0 radical (unpaired) electrons. The van der Waals surface area contributed by atoms with E-state index in [9.17, 15) is 0 Å². The highest BCUT2D eigenvalue weighted by Gasteiger charge is 2.02. The fraction of sp³-hybridized carbons (Fsp3) is 0.429. The van der Waals surface area contributed by atoms with E-state index in [0.29, 0.717) is 5.82 Å². The van der Waals surface area contributed by atoms with Crippen molar-refractivity contribution in [2.45, 2.75) is 19.8 Å². The van der Waals surface area contributed by atoms with Gasteiger partial charge in [0.15, 0.2) is 0 Å². The van der Waals surface area contributed by atoms with Gasteiger partial charge in [0.05, 0.1) is 0 Å². The maximum absolute atomic E-state index is 8.44. The third-order valence-corrected chi connectivity index (χ3v) is 1.21. The van der Waals surface area contributed by atoms with Gasteiger partial charge in [-0.05, 0) is 0 Å². The van der Waals surface area contributed by atoms with Gasteiger partial charge in [-0.3, -0.25) is 0 Å². The van der Waals surface area contributed by atoms with Gasteiger partial charge in [0, 0.05) is 5.92 Å². The molecule has 0 aliphatic rings. The van der Waals surface area contributed by atoms with Gasteiger partial charge in [-0.15, -0.1) is 0 Å². The van der Waals surface area contributed by atoms with Gasteiger partial charge in [-0.2, -0.15) is 5.26 Å². The number of nitrogens with zero attached hydrogens (tertiary/aromatic N) is 4. The largest absolute Gasteiger partial charge is 0.235 e. The lowest BCUT2D eigenvalue weighted by Gasteiger charge is -1.99.